The Morgan fingerprint density at radius 2 is 1.53 bits per heavy atom. The number of benzene rings is 1. The first-order valence-corrected chi connectivity index (χ1v) is 8.61. The summed E-state index contributed by atoms with van der Waals surface area (Å²) in [6.07, 6.45) is 0. The molecule has 0 unspecified atom stereocenters. The molecular formula is C13H20F2OSi. The molecule has 0 aliphatic carbocycles. The van der Waals surface area contributed by atoms with Crippen LogP contribution in [0.25, 0.3) is 0 Å². The van der Waals surface area contributed by atoms with Gasteiger partial charge in [0, 0.05) is 6.07 Å². The summed E-state index contributed by atoms with van der Waals surface area (Å²) in [6, 6.07) is 3.50. The maximum Gasteiger partial charge on any atom is 0.192 e. The molecule has 0 saturated heterocycles. The Bertz CT molecular complexity index is 377. The second kappa shape index (κ2) is 4.86. The van der Waals surface area contributed by atoms with E-state index in [9.17, 15) is 8.78 Å². The van der Waals surface area contributed by atoms with Crippen LogP contribution in [0.5, 0.6) is 0 Å². The quantitative estimate of drug-likeness (QED) is 0.726. The van der Waals surface area contributed by atoms with Crippen molar-refractivity contribution in [2.45, 2.75) is 45.5 Å². The van der Waals surface area contributed by atoms with Crippen molar-refractivity contribution < 1.29 is 13.2 Å². The molecule has 0 radical (unpaired) electrons. The molecule has 17 heavy (non-hydrogen) atoms. The summed E-state index contributed by atoms with van der Waals surface area (Å²) < 4.78 is 31.9. The van der Waals surface area contributed by atoms with Crippen LogP contribution in [0.3, 0.4) is 0 Å². The molecule has 0 N–H and O–H groups in total. The molecule has 1 aromatic rings. The SMILES string of the molecule is CC(C)(C)[Si](C)(C)OCc1cc(F)cc(F)c1. The fourth-order valence-electron chi connectivity index (χ4n) is 1.17. The summed E-state index contributed by atoms with van der Waals surface area (Å²) in [5, 5.41) is 0.0961. The lowest BCUT2D eigenvalue weighted by Crippen LogP contribution is -2.40. The number of hydrogen-bond donors (Lipinski definition) is 0. The molecule has 0 aliphatic rings. The van der Waals surface area contributed by atoms with Crippen molar-refractivity contribution in [3.8, 4) is 0 Å². The van der Waals surface area contributed by atoms with Gasteiger partial charge in [0.05, 0.1) is 6.61 Å². The highest BCUT2D eigenvalue weighted by atomic mass is 28.4. The zero-order valence-corrected chi connectivity index (χ0v) is 12.1. The molecule has 96 valence electrons. The van der Waals surface area contributed by atoms with Crippen LogP contribution in [-0.2, 0) is 11.0 Å². The van der Waals surface area contributed by atoms with Crippen LogP contribution in [0.4, 0.5) is 8.78 Å². The maximum atomic E-state index is 13.0. The molecule has 0 bridgehead atoms. The molecule has 0 spiro atoms. The highest BCUT2D eigenvalue weighted by Gasteiger charge is 2.37. The first-order valence-electron chi connectivity index (χ1n) is 5.71. The second-order valence-corrected chi connectivity index (χ2v) is 10.6. The predicted molar refractivity (Wildman–Crippen MR) is 68.3 cm³/mol. The Labute approximate surface area is 103 Å². The molecule has 0 heterocycles. The molecule has 0 aromatic heterocycles. The maximum absolute atomic E-state index is 13.0. The Morgan fingerprint density at radius 3 is 1.94 bits per heavy atom. The average molecular weight is 258 g/mol. The lowest BCUT2D eigenvalue weighted by Gasteiger charge is -2.36. The largest absolute Gasteiger partial charge is 0.413 e. The summed E-state index contributed by atoms with van der Waals surface area (Å²) in [5.74, 6) is -1.11. The van der Waals surface area contributed by atoms with Gasteiger partial charge in [0.1, 0.15) is 11.6 Å². The van der Waals surface area contributed by atoms with Crippen LogP contribution in [-0.4, -0.2) is 8.32 Å². The van der Waals surface area contributed by atoms with Crippen molar-refractivity contribution in [3.63, 3.8) is 0 Å². The topological polar surface area (TPSA) is 9.23 Å². The van der Waals surface area contributed by atoms with E-state index in [4.69, 9.17) is 4.43 Å². The zero-order chi connectivity index (χ0) is 13.3. The minimum absolute atomic E-state index is 0.0961. The van der Waals surface area contributed by atoms with Crippen LogP contribution < -0.4 is 0 Å². The average Bonchev–Trinajstić information content (AvgIpc) is 2.11. The third-order valence-corrected chi connectivity index (χ3v) is 7.81. The van der Waals surface area contributed by atoms with Crippen LogP contribution in [0, 0.1) is 11.6 Å². The van der Waals surface area contributed by atoms with Gasteiger partial charge in [0.25, 0.3) is 0 Å². The third-order valence-electron chi connectivity index (χ3n) is 3.33. The van der Waals surface area contributed by atoms with E-state index in [0.717, 1.165) is 6.07 Å². The fourth-order valence-corrected chi connectivity index (χ4v) is 2.14. The van der Waals surface area contributed by atoms with Gasteiger partial charge in [-0.15, -0.1) is 0 Å². The lowest BCUT2D eigenvalue weighted by molar-refractivity contribution is 0.275. The van der Waals surface area contributed by atoms with E-state index >= 15 is 0 Å². The molecule has 0 fully saturated rings. The van der Waals surface area contributed by atoms with E-state index in [1.54, 1.807) is 0 Å². The van der Waals surface area contributed by atoms with Gasteiger partial charge in [-0.25, -0.2) is 8.78 Å². The summed E-state index contributed by atoms with van der Waals surface area (Å²) in [5.41, 5.74) is 0.548. The summed E-state index contributed by atoms with van der Waals surface area (Å²) in [6.45, 7) is 10.9. The summed E-state index contributed by atoms with van der Waals surface area (Å²) in [4.78, 5) is 0. The molecule has 0 amide bonds. The van der Waals surface area contributed by atoms with E-state index in [1.165, 1.54) is 12.1 Å². The van der Waals surface area contributed by atoms with Gasteiger partial charge in [0.2, 0.25) is 0 Å². The minimum atomic E-state index is -1.87. The van der Waals surface area contributed by atoms with E-state index < -0.39 is 20.0 Å². The summed E-state index contributed by atoms with van der Waals surface area (Å²) >= 11 is 0. The van der Waals surface area contributed by atoms with Crippen molar-refractivity contribution in [1.82, 2.24) is 0 Å². The van der Waals surface area contributed by atoms with Gasteiger partial charge in [-0.1, -0.05) is 20.8 Å². The number of hydrogen-bond acceptors (Lipinski definition) is 1. The van der Waals surface area contributed by atoms with Crippen LogP contribution >= 0.6 is 0 Å². The third kappa shape index (κ3) is 3.89. The standard InChI is InChI=1S/C13H20F2OSi/c1-13(2,3)17(4,5)16-9-10-6-11(14)8-12(15)7-10/h6-8H,9H2,1-5H3. The normalized spacial score (nSPS) is 12.9. The van der Waals surface area contributed by atoms with Crippen molar-refractivity contribution in [2.24, 2.45) is 0 Å². The first kappa shape index (κ1) is 14.3. The number of halogens is 2. The Balaban J connectivity index is 2.74. The Morgan fingerprint density at radius 1 is 1.06 bits per heavy atom. The zero-order valence-electron chi connectivity index (χ0n) is 11.1. The fraction of sp³-hybridized carbons (Fsp3) is 0.538. The van der Waals surface area contributed by atoms with Gasteiger partial charge in [0.15, 0.2) is 8.32 Å². The van der Waals surface area contributed by atoms with Crippen LogP contribution in [0.2, 0.25) is 18.1 Å². The van der Waals surface area contributed by atoms with Gasteiger partial charge in [-0.05, 0) is 35.8 Å². The van der Waals surface area contributed by atoms with Gasteiger partial charge in [-0.2, -0.15) is 0 Å². The van der Waals surface area contributed by atoms with Gasteiger partial charge >= 0.3 is 0 Å². The van der Waals surface area contributed by atoms with Crippen molar-refractivity contribution >= 4 is 8.32 Å². The first-order chi connectivity index (χ1) is 7.62. The Hall–Kier alpha value is -0.743. The van der Waals surface area contributed by atoms with Gasteiger partial charge in [-0.3, -0.25) is 0 Å². The molecule has 4 heteroatoms. The Kier molecular flexibility index (Phi) is 4.09. The van der Waals surface area contributed by atoms with E-state index in [1.807, 2.05) is 0 Å². The molecule has 0 saturated carbocycles. The van der Waals surface area contributed by atoms with Crippen LogP contribution in [0.1, 0.15) is 26.3 Å². The molecular weight excluding hydrogens is 238 g/mol. The number of rotatable bonds is 3. The lowest BCUT2D eigenvalue weighted by atomic mass is 10.2. The highest BCUT2D eigenvalue weighted by molar-refractivity contribution is 6.74. The van der Waals surface area contributed by atoms with Crippen molar-refractivity contribution in [1.29, 1.82) is 0 Å². The van der Waals surface area contributed by atoms with E-state index in [0.29, 0.717) is 5.56 Å². The molecule has 1 nitrogen and oxygen atoms in total. The van der Waals surface area contributed by atoms with Gasteiger partial charge < -0.3 is 4.43 Å². The monoisotopic (exact) mass is 258 g/mol. The van der Waals surface area contributed by atoms with Crippen molar-refractivity contribution in [2.75, 3.05) is 0 Å². The smallest absolute Gasteiger partial charge is 0.192 e. The van der Waals surface area contributed by atoms with E-state index in [2.05, 4.69) is 33.9 Å². The second-order valence-electron chi connectivity index (χ2n) is 5.83. The summed E-state index contributed by atoms with van der Waals surface area (Å²) in [7, 11) is -1.87. The molecule has 1 rings (SSSR count). The highest BCUT2D eigenvalue weighted by Crippen LogP contribution is 2.37. The molecule has 0 aliphatic heterocycles. The minimum Gasteiger partial charge on any atom is -0.413 e. The predicted octanol–water partition coefficient (Wildman–Crippen LogP) is 4.49. The van der Waals surface area contributed by atoms with Crippen LogP contribution in [0.15, 0.2) is 18.2 Å². The molecule has 0 atom stereocenters. The molecule has 1 aromatic carbocycles. The van der Waals surface area contributed by atoms with Crippen molar-refractivity contribution in [3.05, 3.63) is 35.4 Å². The van der Waals surface area contributed by atoms with E-state index in [-0.39, 0.29) is 11.6 Å².